The molecule has 0 amide bonds. The maximum Gasteiger partial charge on any atom is 0.357 e. The van der Waals surface area contributed by atoms with Gasteiger partial charge in [0, 0.05) is 19.6 Å². The first-order chi connectivity index (χ1) is 7.27. The van der Waals surface area contributed by atoms with Crippen molar-refractivity contribution in [1.82, 2.24) is 10.3 Å². The summed E-state index contributed by atoms with van der Waals surface area (Å²) in [4.78, 5) is 16.5. The van der Waals surface area contributed by atoms with E-state index in [1.54, 1.807) is 0 Å². The largest absolute Gasteiger partial charge is 0.476 e. The number of aromatic nitrogens is 1. The summed E-state index contributed by atoms with van der Waals surface area (Å²) in [7, 11) is 0. The predicted molar refractivity (Wildman–Crippen MR) is 53.2 cm³/mol. The van der Waals surface area contributed by atoms with Crippen molar-refractivity contribution in [2.75, 3.05) is 31.1 Å². The first-order valence-corrected chi connectivity index (χ1v) is 4.92. The summed E-state index contributed by atoms with van der Waals surface area (Å²) in [5.74, 6) is -1.06. The molecule has 0 aromatic carbocycles. The highest BCUT2D eigenvalue weighted by atomic mass is 16.4. The number of carboxylic acid groups (broad SMARTS) is 1. The third-order valence-corrected chi connectivity index (χ3v) is 2.32. The number of rotatable bonds is 2. The summed E-state index contributed by atoms with van der Waals surface area (Å²) in [6.45, 7) is 3.47. The van der Waals surface area contributed by atoms with Gasteiger partial charge in [-0.3, -0.25) is 0 Å². The van der Waals surface area contributed by atoms with Crippen LogP contribution in [-0.4, -0.2) is 42.2 Å². The van der Waals surface area contributed by atoms with E-state index in [-0.39, 0.29) is 5.69 Å². The van der Waals surface area contributed by atoms with Crippen molar-refractivity contribution < 1.29 is 14.3 Å². The van der Waals surface area contributed by atoms with E-state index in [0.717, 1.165) is 32.6 Å². The van der Waals surface area contributed by atoms with Crippen LogP contribution in [0, 0.1) is 0 Å². The van der Waals surface area contributed by atoms with Crippen LogP contribution in [0.3, 0.4) is 0 Å². The maximum atomic E-state index is 10.6. The summed E-state index contributed by atoms with van der Waals surface area (Å²) in [5.41, 5.74) is -0.0396. The Bertz CT molecular complexity index is 342. The van der Waals surface area contributed by atoms with Crippen molar-refractivity contribution in [3.05, 3.63) is 12.0 Å². The molecule has 0 aliphatic carbocycles. The number of aromatic carboxylic acids is 1. The molecule has 0 unspecified atom stereocenters. The van der Waals surface area contributed by atoms with E-state index in [1.165, 1.54) is 6.26 Å². The smallest absolute Gasteiger partial charge is 0.357 e. The van der Waals surface area contributed by atoms with E-state index in [1.807, 2.05) is 4.90 Å². The highest BCUT2D eigenvalue weighted by Gasteiger charge is 2.17. The Kier molecular flexibility index (Phi) is 2.86. The Labute approximate surface area is 86.9 Å². The summed E-state index contributed by atoms with van der Waals surface area (Å²) in [5, 5.41) is 11.9. The van der Waals surface area contributed by atoms with Gasteiger partial charge in [-0.05, 0) is 13.0 Å². The molecule has 0 atom stereocenters. The lowest BCUT2D eigenvalue weighted by molar-refractivity contribution is 0.0690. The molecule has 1 aromatic rings. The lowest BCUT2D eigenvalue weighted by Crippen LogP contribution is -2.28. The van der Waals surface area contributed by atoms with Crippen molar-refractivity contribution >= 4 is 12.0 Å². The number of oxazole rings is 1. The molecule has 15 heavy (non-hydrogen) atoms. The summed E-state index contributed by atoms with van der Waals surface area (Å²) in [6, 6.07) is 0.399. The summed E-state index contributed by atoms with van der Waals surface area (Å²) >= 11 is 0. The molecule has 1 saturated heterocycles. The normalized spacial score (nSPS) is 17.5. The van der Waals surface area contributed by atoms with E-state index in [2.05, 4.69) is 10.3 Å². The highest BCUT2D eigenvalue weighted by Crippen LogP contribution is 2.14. The Balaban J connectivity index is 2.10. The van der Waals surface area contributed by atoms with Gasteiger partial charge in [-0.2, -0.15) is 4.98 Å². The number of hydrogen-bond donors (Lipinski definition) is 2. The van der Waals surface area contributed by atoms with Crippen LogP contribution in [0.4, 0.5) is 6.01 Å². The fourth-order valence-electron chi connectivity index (χ4n) is 1.54. The van der Waals surface area contributed by atoms with Crippen molar-refractivity contribution in [1.29, 1.82) is 0 Å². The van der Waals surface area contributed by atoms with Gasteiger partial charge in [0.05, 0.1) is 0 Å². The average Bonchev–Trinajstić information content (AvgIpc) is 2.55. The second kappa shape index (κ2) is 4.31. The molecule has 1 aliphatic rings. The van der Waals surface area contributed by atoms with Crippen LogP contribution < -0.4 is 10.2 Å². The zero-order valence-corrected chi connectivity index (χ0v) is 8.27. The first-order valence-electron chi connectivity index (χ1n) is 4.92. The summed E-state index contributed by atoms with van der Waals surface area (Å²) in [6.07, 6.45) is 2.18. The molecule has 6 nitrogen and oxygen atoms in total. The van der Waals surface area contributed by atoms with Crippen LogP contribution in [-0.2, 0) is 0 Å². The van der Waals surface area contributed by atoms with E-state index in [9.17, 15) is 4.79 Å². The highest BCUT2D eigenvalue weighted by molar-refractivity contribution is 5.85. The molecule has 2 rings (SSSR count). The quantitative estimate of drug-likeness (QED) is 0.726. The molecule has 6 heteroatoms. The van der Waals surface area contributed by atoms with Gasteiger partial charge in [-0.1, -0.05) is 0 Å². The van der Waals surface area contributed by atoms with Crippen molar-refractivity contribution in [3.8, 4) is 0 Å². The number of carbonyl (C=O) groups is 1. The van der Waals surface area contributed by atoms with Crippen LogP contribution in [0.25, 0.3) is 0 Å². The lowest BCUT2D eigenvalue weighted by atomic mass is 10.4. The van der Waals surface area contributed by atoms with Crippen molar-refractivity contribution in [2.45, 2.75) is 6.42 Å². The van der Waals surface area contributed by atoms with Crippen LogP contribution >= 0.6 is 0 Å². The second-order valence-electron chi connectivity index (χ2n) is 3.41. The molecule has 0 saturated carbocycles. The second-order valence-corrected chi connectivity index (χ2v) is 3.41. The van der Waals surface area contributed by atoms with Crippen LogP contribution in [0.15, 0.2) is 10.7 Å². The zero-order valence-electron chi connectivity index (χ0n) is 8.27. The molecular weight excluding hydrogens is 198 g/mol. The third-order valence-electron chi connectivity index (χ3n) is 2.32. The molecule has 1 aliphatic heterocycles. The molecule has 0 spiro atoms. The monoisotopic (exact) mass is 211 g/mol. The third kappa shape index (κ3) is 2.27. The number of carboxylic acids is 1. The molecule has 1 aromatic heterocycles. The van der Waals surface area contributed by atoms with E-state index >= 15 is 0 Å². The minimum absolute atomic E-state index is 0.0396. The van der Waals surface area contributed by atoms with Crippen molar-refractivity contribution in [2.24, 2.45) is 0 Å². The lowest BCUT2D eigenvalue weighted by Gasteiger charge is -2.16. The minimum atomic E-state index is -1.06. The van der Waals surface area contributed by atoms with Gasteiger partial charge in [0.2, 0.25) is 0 Å². The van der Waals surface area contributed by atoms with E-state index in [0.29, 0.717) is 6.01 Å². The molecular formula is C9H13N3O3. The number of nitrogens with zero attached hydrogens (tertiary/aromatic N) is 2. The fraction of sp³-hybridized carbons (Fsp3) is 0.556. The predicted octanol–water partition coefficient (Wildman–Crippen LogP) is 0.172. The Morgan fingerprint density at radius 1 is 1.53 bits per heavy atom. The van der Waals surface area contributed by atoms with Gasteiger partial charge in [0.1, 0.15) is 6.26 Å². The average molecular weight is 211 g/mol. The topological polar surface area (TPSA) is 78.6 Å². The Morgan fingerprint density at radius 3 is 3.13 bits per heavy atom. The number of anilines is 1. The molecule has 2 N–H and O–H groups in total. The van der Waals surface area contributed by atoms with Crippen LogP contribution in [0.1, 0.15) is 16.9 Å². The van der Waals surface area contributed by atoms with Gasteiger partial charge in [0.25, 0.3) is 6.01 Å². The Hall–Kier alpha value is -1.56. The Morgan fingerprint density at radius 2 is 2.40 bits per heavy atom. The van der Waals surface area contributed by atoms with Crippen LogP contribution in [0.5, 0.6) is 0 Å². The number of hydrogen-bond acceptors (Lipinski definition) is 5. The SMILES string of the molecule is O=C(O)c1coc(N2CCCNCC2)n1. The van der Waals surface area contributed by atoms with Gasteiger partial charge in [-0.25, -0.2) is 4.79 Å². The minimum Gasteiger partial charge on any atom is -0.476 e. The molecule has 0 radical (unpaired) electrons. The first kappa shape index (κ1) is 9.97. The fourth-order valence-corrected chi connectivity index (χ4v) is 1.54. The zero-order chi connectivity index (χ0) is 10.7. The summed E-state index contributed by atoms with van der Waals surface area (Å²) < 4.78 is 5.13. The van der Waals surface area contributed by atoms with Crippen molar-refractivity contribution in [3.63, 3.8) is 0 Å². The van der Waals surface area contributed by atoms with Gasteiger partial charge in [0.15, 0.2) is 5.69 Å². The van der Waals surface area contributed by atoms with Gasteiger partial charge < -0.3 is 19.7 Å². The molecule has 82 valence electrons. The van der Waals surface area contributed by atoms with E-state index < -0.39 is 5.97 Å². The van der Waals surface area contributed by atoms with E-state index in [4.69, 9.17) is 9.52 Å². The standard InChI is InChI=1S/C9H13N3O3/c13-8(14)7-6-15-9(11-7)12-4-1-2-10-3-5-12/h6,10H,1-5H2,(H,13,14). The maximum absolute atomic E-state index is 10.6. The van der Waals surface area contributed by atoms with Gasteiger partial charge in [-0.15, -0.1) is 0 Å². The molecule has 1 fully saturated rings. The van der Waals surface area contributed by atoms with Gasteiger partial charge >= 0.3 is 5.97 Å². The number of nitrogens with one attached hydrogen (secondary N) is 1. The molecule has 2 heterocycles. The van der Waals surface area contributed by atoms with Crippen LogP contribution in [0.2, 0.25) is 0 Å². The molecule has 0 bridgehead atoms.